The van der Waals surface area contributed by atoms with E-state index in [1.807, 2.05) is 41.0 Å². The van der Waals surface area contributed by atoms with Crippen LogP contribution in [0.5, 0.6) is 11.5 Å². The van der Waals surface area contributed by atoms with Crippen LogP contribution in [0.15, 0.2) is 53.7 Å². The van der Waals surface area contributed by atoms with Gasteiger partial charge in [-0.25, -0.2) is 0 Å². The molecule has 0 aliphatic heterocycles. The Labute approximate surface area is 174 Å². The molecule has 1 aromatic heterocycles. The number of nitrogens with one attached hydrogen (secondary N) is 1. The van der Waals surface area contributed by atoms with Gasteiger partial charge in [-0.1, -0.05) is 23.9 Å². The predicted molar refractivity (Wildman–Crippen MR) is 115 cm³/mol. The fraction of sp³-hybridized carbons (Fsp3) is 0.286. The summed E-state index contributed by atoms with van der Waals surface area (Å²) in [6, 6.07) is 15.1. The van der Waals surface area contributed by atoms with Crippen molar-refractivity contribution < 1.29 is 14.3 Å². The molecular formula is C21H24N4O3S. The zero-order chi connectivity index (χ0) is 20.8. The molecule has 3 aromatic rings. The Kier molecular flexibility index (Phi) is 6.77. The summed E-state index contributed by atoms with van der Waals surface area (Å²) in [5, 5.41) is 12.2. The molecule has 1 N–H and O–H groups in total. The standard InChI is InChI=1S/C21H24N4O3S/c1-14(2)25-20(15-9-11-16(27-3)12-10-15)23-24-21(25)29-13-19(26)22-17-7-5-6-8-18(17)28-4/h5-12,14H,13H2,1-4H3,(H,22,26). The number of nitrogens with zero attached hydrogens (tertiary/aromatic N) is 3. The highest BCUT2D eigenvalue weighted by atomic mass is 32.2. The van der Waals surface area contributed by atoms with Crippen molar-refractivity contribution in [2.45, 2.75) is 25.0 Å². The zero-order valence-electron chi connectivity index (χ0n) is 16.9. The first-order valence-corrected chi connectivity index (χ1v) is 10.2. The van der Waals surface area contributed by atoms with E-state index in [4.69, 9.17) is 9.47 Å². The molecule has 3 rings (SSSR count). The molecule has 0 spiro atoms. The van der Waals surface area contributed by atoms with E-state index in [-0.39, 0.29) is 17.7 Å². The summed E-state index contributed by atoms with van der Waals surface area (Å²) < 4.78 is 12.5. The number of para-hydroxylation sites is 2. The highest BCUT2D eigenvalue weighted by molar-refractivity contribution is 7.99. The lowest BCUT2D eigenvalue weighted by Crippen LogP contribution is -2.15. The second-order valence-corrected chi connectivity index (χ2v) is 7.48. The molecule has 0 atom stereocenters. The van der Waals surface area contributed by atoms with Crippen LogP contribution < -0.4 is 14.8 Å². The molecule has 0 aliphatic carbocycles. The summed E-state index contributed by atoms with van der Waals surface area (Å²) >= 11 is 1.35. The fourth-order valence-corrected chi connectivity index (χ4v) is 3.71. The maximum Gasteiger partial charge on any atom is 0.234 e. The molecule has 8 heteroatoms. The number of hydrogen-bond acceptors (Lipinski definition) is 6. The SMILES string of the molecule is COc1ccc(-c2nnc(SCC(=O)Nc3ccccc3OC)n2C(C)C)cc1. The van der Waals surface area contributed by atoms with Crippen molar-refractivity contribution in [2.24, 2.45) is 0 Å². The van der Waals surface area contributed by atoms with Crippen molar-refractivity contribution in [3.8, 4) is 22.9 Å². The predicted octanol–water partition coefficient (Wildman–Crippen LogP) is 4.27. The normalized spacial score (nSPS) is 10.8. The van der Waals surface area contributed by atoms with E-state index in [2.05, 4.69) is 29.4 Å². The minimum Gasteiger partial charge on any atom is -0.497 e. The van der Waals surface area contributed by atoms with Gasteiger partial charge in [-0.15, -0.1) is 10.2 Å². The molecule has 1 heterocycles. The number of carbonyl (C=O) groups excluding carboxylic acids is 1. The molecular weight excluding hydrogens is 388 g/mol. The van der Waals surface area contributed by atoms with Crippen molar-refractivity contribution in [1.82, 2.24) is 14.8 Å². The van der Waals surface area contributed by atoms with Crippen molar-refractivity contribution in [3.05, 3.63) is 48.5 Å². The van der Waals surface area contributed by atoms with E-state index in [0.717, 1.165) is 17.1 Å². The topological polar surface area (TPSA) is 78.3 Å². The Bertz CT molecular complexity index is 970. The highest BCUT2D eigenvalue weighted by Gasteiger charge is 2.18. The summed E-state index contributed by atoms with van der Waals surface area (Å²) in [6.07, 6.45) is 0. The molecule has 7 nitrogen and oxygen atoms in total. The van der Waals surface area contributed by atoms with Crippen molar-refractivity contribution in [3.63, 3.8) is 0 Å². The van der Waals surface area contributed by atoms with Gasteiger partial charge in [0.1, 0.15) is 11.5 Å². The number of rotatable bonds is 8. The minimum absolute atomic E-state index is 0.135. The maximum absolute atomic E-state index is 12.4. The molecule has 1 amide bonds. The van der Waals surface area contributed by atoms with Crippen LogP contribution in [0.25, 0.3) is 11.4 Å². The summed E-state index contributed by atoms with van der Waals surface area (Å²) in [5.74, 6) is 2.25. The van der Waals surface area contributed by atoms with Crippen LogP contribution in [0.2, 0.25) is 0 Å². The van der Waals surface area contributed by atoms with Gasteiger partial charge < -0.3 is 14.8 Å². The fourth-order valence-electron chi connectivity index (χ4n) is 2.84. The van der Waals surface area contributed by atoms with Crippen LogP contribution in [0.4, 0.5) is 5.69 Å². The number of hydrogen-bond donors (Lipinski definition) is 1. The van der Waals surface area contributed by atoms with E-state index in [9.17, 15) is 4.79 Å². The van der Waals surface area contributed by atoms with Crippen LogP contribution in [-0.4, -0.2) is 40.6 Å². The number of carbonyl (C=O) groups is 1. The average molecular weight is 413 g/mol. The third-order valence-corrected chi connectivity index (χ3v) is 5.19. The number of aromatic nitrogens is 3. The minimum atomic E-state index is -0.135. The first-order valence-electron chi connectivity index (χ1n) is 9.18. The number of benzene rings is 2. The molecule has 0 unspecified atom stereocenters. The summed E-state index contributed by atoms with van der Waals surface area (Å²) in [6.45, 7) is 4.13. The smallest absolute Gasteiger partial charge is 0.234 e. The van der Waals surface area contributed by atoms with Gasteiger partial charge in [0.25, 0.3) is 0 Å². The van der Waals surface area contributed by atoms with E-state index in [1.165, 1.54) is 11.8 Å². The number of ether oxygens (including phenoxy) is 2. The monoisotopic (exact) mass is 412 g/mol. The first kappa shape index (κ1) is 20.7. The Morgan fingerprint density at radius 1 is 1.07 bits per heavy atom. The molecule has 29 heavy (non-hydrogen) atoms. The third-order valence-electron chi connectivity index (χ3n) is 4.24. The Morgan fingerprint density at radius 2 is 1.79 bits per heavy atom. The van der Waals surface area contributed by atoms with Crippen molar-refractivity contribution >= 4 is 23.4 Å². The quantitative estimate of drug-likeness (QED) is 0.557. The van der Waals surface area contributed by atoms with Gasteiger partial charge in [0.2, 0.25) is 5.91 Å². The molecule has 0 saturated carbocycles. The van der Waals surface area contributed by atoms with Gasteiger partial charge >= 0.3 is 0 Å². The number of thioether (sulfide) groups is 1. The van der Waals surface area contributed by atoms with Crippen LogP contribution in [-0.2, 0) is 4.79 Å². The average Bonchev–Trinajstić information content (AvgIpc) is 3.17. The second kappa shape index (κ2) is 9.47. The maximum atomic E-state index is 12.4. The van der Waals surface area contributed by atoms with E-state index in [1.54, 1.807) is 26.4 Å². The van der Waals surface area contributed by atoms with E-state index < -0.39 is 0 Å². The molecule has 0 radical (unpaired) electrons. The largest absolute Gasteiger partial charge is 0.497 e. The lowest BCUT2D eigenvalue weighted by molar-refractivity contribution is -0.113. The Hall–Kier alpha value is -3.00. The molecule has 0 fully saturated rings. The van der Waals surface area contributed by atoms with Gasteiger partial charge in [-0.05, 0) is 50.2 Å². The highest BCUT2D eigenvalue weighted by Crippen LogP contribution is 2.29. The number of amides is 1. The Balaban J connectivity index is 1.74. The third kappa shape index (κ3) is 4.89. The molecule has 2 aromatic carbocycles. The van der Waals surface area contributed by atoms with Crippen LogP contribution in [0.3, 0.4) is 0 Å². The van der Waals surface area contributed by atoms with E-state index >= 15 is 0 Å². The van der Waals surface area contributed by atoms with Crippen molar-refractivity contribution in [1.29, 1.82) is 0 Å². The van der Waals surface area contributed by atoms with Gasteiger partial charge in [0, 0.05) is 11.6 Å². The summed E-state index contributed by atoms with van der Waals surface area (Å²) in [7, 11) is 3.21. The van der Waals surface area contributed by atoms with Gasteiger partial charge in [-0.3, -0.25) is 9.36 Å². The summed E-state index contributed by atoms with van der Waals surface area (Å²) in [5.41, 5.74) is 1.59. The first-order chi connectivity index (χ1) is 14.0. The lowest BCUT2D eigenvalue weighted by atomic mass is 10.2. The van der Waals surface area contributed by atoms with E-state index in [0.29, 0.717) is 16.6 Å². The molecule has 152 valence electrons. The van der Waals surface area contributed by atoms with Gasteiger partial charge in [0.05, 0.1) is 25.7 Å². The van der Waals surface area contributed by atoms with Crippen LogP contribution >= 0.6 is 11.8 Å². The zero-order valence-corrected chi connectivity index (χ0v) is 17.7. The second-order valence-electron chi connectivity index (χ2n) is 6.54. The van der Waals surface area contributed by atoms with Gasteiger partial charge in [0.15, 0.2) is 11.0 Å². The molecule has 0 bridgehead atoms. The summed E-state index contributed by atoms with van der Waals surface area (Å²) in [4.78, 5) is 12.4. The lowest BCUT2D eigenvalue weighted by Gasteiger charge is -2.14. The Morgan fingerprint density at radius 3 is 2.45 bits per heavy atom. The molecule has 0 aliphatic rings. The molecule has 0 saturated heterocycles. The van der Waals surface area contributed by atoms with Crippen LogP contribution in [0, 0.1) is 0 Å². The number of methoxy groups -OCH3 is 2. The van der Waals surface area contributed by atoms with Crippen molar-refractivity contribution in [2.75, 3.05) is 25.3 Å². The van der Waals surface area contributed by atoms with Gasteiger partial charge in [-0.2, -0.15) is 0 Å². The number of anilines is 1. The van der Waals surface area contributed by atoms with Crippen LogP contribution in [0.1, 0.15) is 19.9 Å².